The van der Waals surface area contributed by atoms with Gasteiger partial charge in [0.05, 0.1) is 12.6 Å². The molecule has 0 aromatic rings. The number of amides is 1. The number of carbonyl (C=O) groups is 1. The molecule has 0 bridgehead atoms. The first kappa shape index (κ1) is 17.4. The minimum absolute atomic E-state index is 0.0254. The summed E-state index contributed by atoms with van der Waals surface area (Å²) in [6.45, 7) is 12.9. The standard InChI is InChI=1S/C15H31NO2/c1-11(2)7-13(10-17)16-14(18)8-12(3)9-15(4,5)6/h11-13,17H,7-10H2,1-6H3,(H,16,18). The van der Waals surface area contributed by atoms with Crippen LogP contribution in [0.2, 0.25) is 0 Å². The first-order valence-electron chi connectivity index (χ1n) is 7.04. The summed E-state index contributed by atoms with van der Waals surface area (Å²) < 4.78 is 0. The Morgan fingerprint density at radius 1 is 1.22 bits per heavy atom. The fraction of sp³-hybridized carbons (Fsp3) is 0.933. The van der Waals surface area contributed by atoms with Gasteiger partial charge in [0.25, 0.3) is 0 Å². The normalized spacial score (nSPS) is 15.6. The van der Waals surface area contributed by atoms with Crippen LogP contribution < -0.4 is 5.32 Å². The van der Waals surface area contributed by atoms with Crippen LogP contribution in [0.5, 0.6) is 0 Å². The van der Waals surface area contributed by atoms with Crippen molar-refractivity contribution < 1.29 is 9.90 Å². The highest BCUT2D eigenvalue weighted by Crippen LogP contribution is 2.25. The van der Waals surface area contributed by atoms with Gasteiger partial charge in [0, 0.05) is 6.42 Å². The van der Waals surface area contributed by atoms with E-state index in [9.17, 15) is 9.90 Å². The van der Waals surface area contributed by atoms with Crippen LogP contribution in [0.15, 0.2) is 0 Å². The van der Waals surface area contributed by atoms with Crippen LogP contribution >= 0.6 is 0 Å². The van der Waals surface area contributed by atoms with E-state index in [1.165, 1.54) is 0 Å². The lowest BCUT2D eigenvalue weighted by atomic mass is 9.84. The number of carbonyl (C=O) groups excluding carboxylic acids is 1. The Morgan fingerprint density at radius 2 is 1.78 bits per heavy atom. The highest BCUT2D eigenvalue weighted by molar-refractivity contribution is 5.76. The Kier molecular flexibility index (Phi) is 7.53. The van der Waals surface area contributed by atoms with Gasteiger partial charge in [-0.2, -0.15) is 0 Å². The molecule has 0 spiro atoms. The average molecular weight is 257 g/mol. The van der Waals surface area contributed by atoms with Gasteiger partial charge in [0.2, 0.25) is 5.91 Å². The monoisotopic (exact) mass is 257 g/mol. The van der Waals surface area contributed by atoms with Crippen molar-refractivity contribution in [3.63, 3.8) is 0 Å². The second-order valence-corrected chi connectivity index (χ2v) is 7.15. The third-order valence-corrected chi connectivity index (χ3v) is 2.84. The molecule has 0 radical (unpaired) electrons. The summed E-state index contributed by atoms with van der Waals surface area (Å²) in [6.07, 6.45) is 2.41. The molecule has 0 heterocycles. The average Bonchev–Trinajstić information content (AvgIpc) is 2.12. The summed E-state index contributed by atoms with van der Waals surface area (Å²) in [7, 11) is 0. The van der Waals surface area contributed by atoms with Crippen molar-refractivity contribution in [1.29, 1.82) is 0 Å². The minimum Gasteiger partial charge on any atom is -0.394 e. The highest BCUT2D eigenvalue weighted by atomic mass is 16.3. The zero-order valence-electron chi connectivity index (χ0n) is 12.9. The number of hydrogen-bond donors (Lipinski definition) is 2. The van der Waals surface area contributed by atoms with E-state index in [1.54, 1.807) is 0 Å². The van der Waals surface area contributed by atoms with E-state index < -0.39 is 0 Å². The van der Waals surface area contributed by atoms with Gasteiger partial charge < -0.3 is 10.4 Å². The Hall–Kier alpha value is -0.570. The van der Waals surface area contributed by atoms with E-state index in [-0.39, 0.29) is 24.0 Å². The van der Waals surface area contributed by atoms with E-state index in [0.717, 1.165) is 12.8 Å². The van der Waals surface area contributed by atoms with E-state index in [4.69, 9.17) is 0 Å². The number of nitrogens with one attached hydrogen (secondary N) is 1. The smallest absolute Gasteiger partial charge is 0.220 e. The molecule has 3 heteroatoms. The van der Waals surface area contributed by atoms with Crippen molar-refractivity contribution >= 4 is 5.91 Å². The molecule has 2 N–H and O–H groups in total. The molecule has 0 aliphatic carbocycles. The quantitative estimate of drug-likeness (QED) is 0.736. The minimum atomic E-state index is -0.0978. The van der Waals surface area contributed by atoms with Gasteiger partial charge in [0.15, 0.2) is 0 Å². The number of hydrogen-bond acceptors (Lipinski definition) is 2. The molecule has 108 valence electrons. The Labute approximate surface area is 112 Å². The molecule has 0 saturated carbocycles. The maximum Gasteiger partial charge on any atom is 0.220 e. The van der Waals surface area contributed by atoms with E-state index >= 15 is 0 Å². The fourth-order valence-corrected chi connectivity index (χ4v) is 2.47. The Bertz CT molecular complexity index is 243. The van der Waals surface area contributed by atoms with Gasteiger partial charge in [-0.25, -0.2) is 0 Å². The predicted molar refractivity (Wildman–Crippen MR) is 76.3 cm³/mol. The second kappa shape index (κ2) is 7.78. The Balaban J connectivity index is 4.08. The molecular formula is C15H31NO2. The summed E-state index contributed by atoms with van der Waals surface area (Å²) in [6, 6.07) is -0.0978. The zero-order valence-corrected chi connectivity index (χ0v) is 12.9. The molecule has 2 atom stereocenters. The van der Waals surface area contributed by atoms with Crippen LogP contribution in [-0.4, -0.2) is 23.7 Å². The molecule has 0 saturated heterocycles. The lowest BCUT2D eigenvalue weighted by molar-refractivity contribution is -0.123. The summed E-state index contributed by atoms with van der Waals surface area (Å²) in [5, 5.41) is 12.2. The first-order valence-corrected chi connectivity index (χ1v) is 7.04. The van der Waals surface area contributed by atoms with Gasteiger partial charge in [-0.3, -0.25) is 4.79 Å². The zero-order chi connectivity index (χ0) is 14.3. The second-order valence-electron chi connectivity index (χ2n) is 7.15. The summed E-state index contributed by atoms with van der Waals surface area (Å²) in [5.74, 6) is 0.921. The van der Waals surface area contributed by atoms with Crippen LogP contribution in [0.3, 0.4) is 0 Å². The first-order chi connectivity index (χ1) is 8.14. The molecule has 18 heavy (non-hydrogen) atoms. The van der Waals surface area contributed by atoms with Crippen molar-refractivity contribution in [3.8, 4) is 0 Å². The van der Waals surface area contributed by atoms with Crippen LogP contribution in [0.1, 0.15) is 60.8 Å². The maximum absolute atomic E-state index is 11.9. The van der Waals surface area contributed by atoms with Crippen molar-refractivity contribution in [3.05, 3.63) is 0 Å². The van der Waals surface area contributed by atoms with Gasteiger partial charge in [-0.1, -0.05) is 41.5 Å². The molecule has 0 aliphatic rings. The SMILES string of the molecule is CC(C)CC(CO)NC(=O)CC(C)CC(C)(C)C. The number of aliphatic hydroxyl groups is 1. The predicted octanol–water partition coefficient (Wildman–Crippen LogP) is 2.97. The summed E-state index contributed by atoms with van der Waals surface area (Å²) in [5.41, 5.74) is 0.258. The summed E-state index contributed by atoms with van der Waals surface area (Å²) in [4.78, 5) is 11.9. The van der Waals surface area contributed by atoms with Crippen LogP contribution in [0.4, 0.5) is 0 Å². The largest absolute Gasteiger partial charge is 0.394 e. The third kappa shape index (κ3) is 9.46. The van der Waals surface area contributed by atoms with Crippen molar-refractivity contribution in [2.45, 2.75) is 66.8 Å². The van der Waals surface area contributed by atoms with Gasteiger partial charge in [-0.05, 0) is 30.1 Å². The molecule has 0 aromatic heterocycles. The number of rotatable bonds is 7. The lowest BCUT2D eigenvalue weighted by Crippen LogP contribution is -2.39. The fourth-order valence-electron chi connectivity index (χ4n) is 2.47. The van der Waals surface area contributed by atoms with E-state index in [2.05, 4.69) is 46.9 Å². The molecule has 0 fully saturated rings. The maximum atomic E-state index is 11.9. The van der Waals surface area contributed by atoms with Crippen molar-refractivity contribution in [1.82, 2.24) is 5.32 Å². The van der Waals surface area contributed by atoms with Gasteiger partial charge in [0.1, 0.15) is 0 Å². The third-order valence-electron chi connectivity index (χ3n) is 2.84. The van der Waals surface area contributed by atoms with Crippen LogP contribution in [-0.2, 0) is 4.79 Å². The Morgan fingerprint density at radius 3 is 2.17 bits per heavy atom. The molecular weight excluding hydrogens is 226 g/mol. The molecule has 0 rings (SSSR count). The molecule has 2 unspecified atom stereocenters. The summed E-state index contributed by atoms with van der Waals surface area (Å²) >= 11 is 0. The van der Waals surface area contributed by atoms with E-state index in [0.29, 0.717) is 18.3 Å². The van der Waals surface area contributed by atoms with Crippen molar-refractivity contribution in [2.24, 2.45) is 17.3 Å². The molecule has 0 aliphatic heterocycles. The van der Waals surface area contributed by atoms with E-state index in [1.807, 2.05) is 0 Å². The van der Waals surface area contributed by atoms with Gasteiger partial charge in [-0.15, -0.1) is 0 Å². The van der Waals surface area contributed by atoms with Crippen LogP contribution in [0, 0.1) is 17.3 Å². The molecule has 3 nitrogen and oxygen atoms in total. The molecule has 1 amide bonds. The lowest BCUT2D eigenvalue weighted by Gasteiger charge is -2.24. The van der Waals surface area contributed by atoms with Crippen molar-refractivity contribution in [2.75, 3.05) is 6.61 Å². The van der Waals surface area contributed by atoms with Crippen LogP contribution in [0.25, 0.3) is 0 Å². The highest BCUT2D eigenvalue weighted by Gasteiger charge is 2.19. The topological polar surface area (TPSA) is 49.3 Å². The van der Waals surface area contributed by atoms with Gasteiger partial charge >= 0.3 is 0 Å². The number of aliphatic hydroxyl groups excluding tert-OH is 1. The molecule has 0 aromatic carbocycles.